The minimum absolute atomic E-state index is 0.0474. The van der Waals surface area contributed by atoms with Gasteiger partial charge in [-0.05, 0) is 62.1 Å². The summed E-state index contributed by atoms with van der Waals surface area (Å²) in [6, 6.07) is 15.1. The number of methoxy groups -OCH3 is 1. The summed E-state index contributed by atoms with van der Waals surface area (Å²) >= 11 is 6.05. The minimum atomic E-state index is -0.244. The van der Waals surface area contributed by atoms with Crippen molar-refractivity contribution in [2.75, 3.05) is 19.0 Å². The van der Waals surface area contributed by atoms with Crippen LogP contribution < -0.4 is 10.1 Å². The number of carbonyl (C=O) groups is 2. The van der Waals surface area contributed by atoms with Crippen molar-refractivity contribution in [3.63, 3.8) is 0 Å². The molecule has 3 aromatic rings. The first-order valence-corrected chi connectivity index (χ1v) is 12.5. The summed E-state index contributed by atoms with van der Waals surface area (Å²) in [5.41, 5.74) is 2.41. The number of hydrogen-bond donors (Lipinski definition) is 1. The maximum absolute atomic E-state index is 13.2. The van der Waals surface area contributed by atoms with Gasteiger partial charge in [0.15, 0.2) is 0 Å². The van der Waals surface area contributed by atoms with Crippen LogP contribution in [0.3, 0.4) is 0 Å². The molecule has 2 amide bonds. The Morgan fingerprint density at radius 3 is 2.37 bits per heavy atom. The van der Waals surface area contributed by atoms with E-state index in [0.717, 1.165) is 55.5 Å². The lowest BCUT2D eigenvalue weighted by Gasteiger charge is -2.25. The first-order valence-electron chi connectivity index (χ1n) is 12.1. The number of anilines is 1. The van der Waals surface area contributed by atoms with Crippen LogP contribution in [-0.2, 0) is 9.59 Å². The fourth-order valence-electron chi connectivity index (χ4n) is 4.67. The summed E-state index contributed by atoms with van der Waals surface area (Å²) in [6.07, 6.45) is 7.84. The van der Waals surface area contributed by atoms with Crippen molar-refractivity contribution in [1.82, 2.24) is 14.5 Å². The molecule has 1 N–H and O–H groups in total. The molecule has 0 spiro atoms. The van der Waals surface area contributed by atoms with E-state index in [-0.39, 0.29) is 30.3 Å². The number of ether oxygens (including phenoxy) is 1. The van der Waals surface area contributed by atoms with Crippen molar-refractivity contribution in [2.45, 2.75) is 44.6 Å². The highest BCUT2D eigenvalue weighted by Crippen LogP contribution is 2.33. The van der Waals surface area contributed by atoms with E-state index in [4.69, 9.17) is 21.3 Å². The number of hydrogen-bond acceptors (Lipinski definition) is 4. The second-order valence-electron chi connectivity index (χ2n) is 9.25. The quantitative estimate of drug-likeness (QED) is 0.461. The van der Waals surface area contributed by atoms with Crippen molar-refractivity contribution >= 4 is 29.4 Å². The highest BCUT2D eigenvalue weighted by molar-refractivity contribution is 6.30. The van der Waals surface area contributed by atoms with Crippen molar-refractivity contribution < 1.29 is 14.3 Å². The summed E-state index contributed by atoms with van der Waals surface area (Å²) in [4.78, 5) is 32.7. The van der Waals surface area contributed by atoms with Gasteiger partial charge in [0.25, 0.3) is 0 Å². The number of amides is 2. The molecule has 1 aromatic heterocycles. The Bertz CT molecular complexity index is 1200. The molecule has 182 valence electrons. The number of nitrogens with zero attached hydrogens (tertiary/aromatic N) is 3. The second kappa shape index (κ2) is 10.1. The van der Waals surface area contributed by atoms with Crippen LogP contribution in [0, 0.1) is 5.92 Å². The van der Waals surface area contributed by atoms with Gasteiger partial charge in [-0.2, -0.15) is 0 Å². The molecule has 2 saturated carbocycles. The third-order valence-corrected chi connectivity index (χ3v) is 6.99. The molecule has 0 atom stereocenters. The fourth-order valence-corrected chi connectivity index (χ4v) is 4.79. The van der Waals surface area contributed by atoms with Gasteiger partial charge in [0.2, 0.25) is 17.8 Å². The van der Waals surface area contributed by atoms with Gasteiger partial charge in [-0.3, -0.25) is 19.5 Å². The summed E-state index contributed by atoms with van der Waals surface area (Å²) in [5.74, 6) is 1.07. The lowest BCUT2D eigenvalue weighted by atomic mass is 10.1. The summed E-state index contributed by atoms with van der Waals surface area (Å²) in [6.45, 7) is 0.0474. The van der Waals surface area contributed by atoms with E-state index >= 15 is 0 Å². The molecule has 0 aliphatic heterocycles. The molecule has 0 bridgehead atoms. The van der Waals surface area contributed by atoms with Crippen molar-refractivity contribution in [3.05, 3.63) is 59.8 Å². The monoisotopic (exact) mass is 492 g/mol. The number of imidazole rings is 1. The number of rotatable bonds is 8. The van der Waals surface area contributed by atoms with Crippen LogP contribution in [0.4, 0.5) is 5.95 Å². The normalized spacial score (nSPS) is 15.7. The second-order valence-corrected chi connectivity index (χ2v) is 9.69. The zero-order valence-corrected chi connectivity index (χ0v) is 20.5. The van der Waals surface area contributed by atoms with Crippen LogP contribution >= 0.6 is 11.6 Å². The van der Waals surface area contributed by atoms with Gasteiger partial charge >= 0.3 is 0 Å². The van der Waals surface area contributed by atoms with E-state index in [1.807, 2.05) is 59.3 Å². The Labute approximate surface area is 210 Å². The molecule has 1 heterocycles. The Hall–Kier alpha value is -3.32. The van der Waals surface area contributed by atoms with Crippen LogP contribution in [0.25, 0.3) is 16.9 Å². The summed E-state index contributed by atoms with van der Waals surface area (Å²) in [5, 5.41) is 3.60. The van der Waals surface area contributed by atoms with Crippen molar-refractivity contribution in [2.24, 2.45) is 5.92 Å². The van der Waals surface area contributed by atoms with Crippen LogP contribution in [0.15, 0.2) is 54.7 Å². The van der Waals surface area contributed by atoms with E-state index in [1.54, 1.807) is 12.0 Å². The van der Waals surface area contributed by atoms with E-state index in [1.165, 1.54) is 0 Å². The first kappa shape index (κ1) is 23.4. The molecular weight excluding hydrogens is 464 g/mol. The molecule has 2 aliphatic rings. The van der Waals surface area contributed by atoms with E-state index in [0.29, 0.717) is 16.7 Å². The largest absolute Gasteiger partial charge is 0.497 e. The number of halogens is 1. The van der Waals surface area contributed by atoms with Gasteiger partial charge in [-0.25, -0.2) is 4.98 Å². The third-order valence-electron chi connectivity index (χ3n) is 6.74. The van der Waals surface area contributed by atoms with Gasteiger partial charge in [0.1, 0.15) is 12.3 Å². The molecular formula is C27H29ClN4O3. The van der Waals surface area contributed by atoms with Crippen molar-refractivity contribution in [1.29, 1.82) is 0 Å². The van der Waals surface area contributed by atoms with Gasteiger partial charge in [0.05, 0.1) is 12.8 Å². The summed E-state index contributed by atoms with van der Waals surface area (Å²) in [7, 11) is 1.62. The topological polar surface area (TPSA) is 76.5 Å². The van der Waals surface area contributed by atoms with E-state index in [9.17, 15) is 9.59 Å². The van der Waals surface area contributed by atoms with Crippen LogP contribution in [0.2, 0.25) is 5.02 Å². The third kappa shape index (κ3) is 5.35. The van der Waals surface area contributed by atoms with Gasteiger partial charge < -0.3 is 9.64 Å². The lowest BCUT2D eigenvalue weighted by Crippen LogP contribution is -2.42. The van der Waals surface area contributed by atoms with Gasteiger partial charge in [0, 0.05) is 34.4 Å². The molecule has 0 radical (unpaired) electrons. The molecule has 0 saturated heterocycles. The molecule has 5 rings (SSSR count). The average molecular weight is 493 g/mol. The Kier molecular flexibility index (Phi) is 6.77. The standard InChI is InChI=1S/C27H29ClN4O3/c1-35-23-14-12-22(13-15-23)32-16-24(18-6-8-20(28)9-7-18)29-27(32)30-25(33)17-31(21-10-11-21)26(34)19-4-2-3-5-19/h6-9,12-16,19,21H,2-5,10-11,17H2,1H3,(H,29,30,33). The van der Waals surface area contributed by atoms with Crippen LogP contribution in [-0.4, -0.2) is 46.0 Å². The fraction of sp³-hybridized carbons (Fsp3) is 0.370. The van der Waals surface area contributed by atoms with E-state index in [2.05, 4.69) is 5.32 Å². The molecule has 35 heavy (non-hydrogen) atoms. The Morgan fingerprint density at radius 1 is 1.06 bits per heavy atom. The van der Waals surface area contributed by atoms with Gasteiger partial charge in [-0.15, -0.1) is 0 Å². The van der Waals surface area contributed by atoms with Crippen LogP contribution in [0.5, 0.6) is 5.75 Å². The average Bonchev–Trinajstić information content (AvgIpc) is 3.39. The highest BCUT2D eigenvalue weighted by atomic mass is 35.5. The SMILES string of the molecule is COc1ccc(-n2cc(-c3ccc(Cl)cc3)nc2NC(=O)CN(C(=O)C2CCCC2)C2CC2)cc1. The molecule has 2 fully saturated rings. The molecule has 2 aromatic carbocycles. The van der Waals surface area contributed by atoms with Crippen molar-refractivity contribution in [3.8, 4) is 22.7 Å². The van der Waals surface area contributed by atoms with Gasteiger partial charge in [-0.1, -0.05) is 36.6 Å². The highest BCUT2D eigenvalue weighted by Gasteiger charge is 2.37. The number of aromatic nitrogens is 2. The number of benzene rings is 2. The summed E-state index contributed by atoms with van der Waals surface area (Å²) < 4.78 is 7.11. The number of carbonyl (C=O) groups excluding carboxylic acids is 2. The predicted molar refractivity (Wildman–Crippen MR) is 136 cm³/mol. The first-order chi connectivity index (χ1) is 17.0. The minimum Gasteiger partial charge on any atom is -0.497 e. The van der Waals surface area contributed by atoms with Crippen LogP contribution in [0.1, 0.15) is 38.5 Å². The molecule has 0 unspecified atom stereocenters. The lowest BCUT2D eigenvalue weighted by molar-refractivity contribution is -0.138. The molecule has 2 aliphatic carbocycles. The Morgan fingerprint density at radius 2 is 1.74 bits per heavy atom. The maximum atomic E-state index is 13.2. The zero-order valence-electron chi connectivity index (χ0n) is 19.7. The number of nitrogens with one attached hydrogen (secondary N) is 1. The Balaban J connectivity index is 1.40. The predicted octanol–water partition coefficient (Wildman–Crippen LogP) is 5.32. The zero-order chi connectivity index (χ0) is 24.4. The molecule has 7 nitrogen and oxygen atoms in total. The van der Waals surface area contributed by atoms with E-state index < -0.39 is 0 Å². The molecule has 8 heteroatoms. The maximum Gasteiger partial charge on any atom is 0.246 e. The smallest absolute Gasteiger partial charge is 0.246 e.